The Morgan fingerprint density at radius 1 is 1.26 bits per heavy atom. The number of Topliss-reactive ketones (excluding diaryl/α,β-unsaturated/α-hetero) is 1. The topological polar surface area (TPSA) is 79.4 Å². The normalized spacial score (nSPS) is 15.0. The molecule has 0 saturated heterocycles. The van der Waals surface area contributed by atoms with Crippen LogP contribution in [0.2, 0.25) is 0 Å². The molecule has 6 nitrogen and oxygen atoms in total. The number of nitrogens with one attached hydrogen (secondary N) is 1. The van der Waals surface area contributed by atoms with Gasteiger partial charge in [-0.05, 0) is 42.2 Å². The molecule has 0 fully saturated rings. The van der Waals surface area contributed by atoms with Gasteiger partial charge in [0.05, 0.1) is 10.6 Å². The van der Waals surface area contributed by atoms with Crippen LogP contribution in [0, 0.1) is 5.41 Å². The van der Waals surface area contributed by atoms with Gasteiger partial charge in [-0.15, -0.1) is 0 Å². The third kappa shape index (κ3) is 3.98. The molecule has 3 rings (SSSR count). The second-order valence-corrected chi connectivity index (χ2v) is 8.34. The Kier molecular flexibility index (Phi) is 4.97. The van der Waals surface area contributed by atoms with Crippen LogP contribution >= 0.6 is 11.3 Å². The molecular weight excluding hydrogens is 362 g/mol. The molecule has 0 radical (unpaired) electrons. The van der Waals surface area contributed by atoms with E-state index in [1.165, 1.54) is 22.3 Å². The highest BCUT2D eigenvalue weighted by atomic mass is 32.1. The van der Waals surface area contributed by atoms with E-state index in [0.717, 1.165) is 12.1 Å². The van der Waals surface area contributed by atoms with E-state index in [1.54, 1.807) is 31.3 Å². The van der Waals surface area contributed by atoms with Crippen molar-refractivity contribution in [1.29, 1.82) is 0 Å². The fourth-order valence-electron chi connectivity index (χ4n) is 3.04. The number of benzene rings is 1. The van der Waals surface area contributed by atoms with Crippen LogP contribution in [0.4, 0.5) is 10.8 Å². The van der Waals surface area contributed by atoms with Crippen LogP contribution < -0.4 is 10.2 Å². The summed E-state index contributed by atoms with van der Waals surface area (Å²) in [4.78, 5) is 42.9. The molecule has 1 aromatic heterocycles. The molecule has 0 bridgehead atoms. The van der Waals surface area contributed by atoms with Crippen molar-refractivity contribution >= 4 is 39.8 Å². The molecule has 0 atom stereocenters. The van der Waals surface area contributed by atoms with Crippen LogP contribution in [0.25, 0.3) is 0 Å². The lowest BCUT2D eigenvalue weighted by Crippen LogP contribution is -2.26. The van der Waals surface area contributed by atoms with Gasteiger partial charge < -0.3 is 4.90 Å². The zero-order valence-corrected chi connectivity index (χ0v) is 16.4. The lowest BCUT2D eigenvalue weighted by atomic mass is 9.78. The average molecular weight is 383 g/mol. The Labute approximate surface area is 161 Å². The number of likely N-dealkylation sites (N-methyl/N-ethyl adjacent to an activating group) is 1. The number of ketones is 1. The van der Waals surface area contributed by atoms with Gasteiger partial charge in [0.25, 0.3) is 5.91 Å². The molecule has 27 heavy (non-hydrogen) atoms. The maximum absolute atomic E-state index is 12.5. The van der Waals surface area contributed by atoms with Crippen molar-refractivity contribution in [2.45, 2.75) is 26.7 Å². The smallest absolute Gasteiger partial charge is 0.257 e. The second-order valence-electron chi connectivity index (χ2n) is 7.34. The van der Waals surface area contributed by atoms with E-state index in [4.69, 9.17) is 0 Å². The Balaban J connectivity index is 1.74. The summed E-state index contributed by atoms with van der Waals surface area (Å²) in [5.74, 6) is -0.455. The molecular formula is C20H21N3O3S. The summed E-state index contributed by atoms with van der Waals surface area (Å²) in [6, 6.07) is 6.66. The zero-order valence-electron chi connectivity index (χ0n) is 15.5. The van der Waals surface area contributed by atoms with Crippen LogP contribution in [0.3, 0.4) is 0 Å². The van der Waals surface area contributed by atoms with Gasteiger partial charge in [-0.1, -0.05) is 31.8 Å². The first-order chi connectivity index (χ1) is 12.7. The maximum atomic E-state index is 12.5. The van der Waals surface area contributed by atoms with E-state index < -0.39 is 0 Å². The van der Waals surface area contributed by atoms with Crippen LogP contribution in [0.5, 0.6) is 0 Å². The second kappa shape index (κ2) is 7.08. The first-order valence-corrected chi connectivity index (χ1v) is 9.36. The summed E-state index contributed by atoms with van der Waals surface area (Å²) in [6.07, 6.45) is 2.44. The van der Waals surface area contributed by atoms with E-state index in [0.29, 0.717) is 27.7 Å². The first-order valence-electron chi connectivity index (χ1n) is 8.54. The molecule has 7 heteroatoms. The molecule has 1 aromatic carbocycles. The average Bonchev–Trinajstić information content (AvgIpc) is 3.01. The Morgan fingerprint density at radius 3 is 2.56 bits per heavy atom. The number of fused-ring (bicyclic) bond motifs is 1. The summed E-state index contributed by atoms with van der Waals surface area (Å²) in [7, 11) is 1.64. The lowest BCUT2D eigenvalue weighted by molar-refractivity contribution is -0.113. The van der Waals surface area contributed by atoms with Gasteiger partial charge in [-0.2, -0.15) is 0 Å². The monoisotopic (exact) mass is 383 g/mol. The number of rotatable bonds is 4. The highest BCUT2D eigenvalue weighted by molar-refractivity contribution is 7.17. The van der Waals surface area contributed by atoms with E-state index >= 15 is 0 Å². The highest BCUT2D eigenvalue weighted by Crippen LogP contribution is 2.38. The van der Waals surface area contributed by atoms with Crippen molar-refractivity contribution in [3.05, 3.63) is 53.1 Å². The number of nitrogens with zero attached hydrogens (tertiary/aromatic N) is 2. The van der Waals surface area contributed by atoms with E-state index in [9.17, 15) is 14.4 Å². The minimum Gasteiger partial charge on any atom is -0.312 e. The number of hydrogen-bond donors (Lipinski definition) is 1. The van der Waals surface area contributed by atoms with Crippen molar-refractivity contribution < 1.29 is 14.4 Å². The molecule has 0 saturated carbocycles. The first kappa shape index (κ1) is 19.0. The Morgan fingerprint density at radius 2 is 1.93 bits per heavy atom. The van der Waals surface area contributed by atoms with Crippen LogP contribution in [0.1, 0.15) is 46.0 Å². The van der Waals surface area contributed by atoms with Gasteiger partial charge in [0, 0.05) is 24.7 Å². The SMILES string of the molecule is C=CC(=O)N(C)c1ccc(C(=O)Nc2nc3c(s2)C(=O)CC(C)(C)C3)cc1. The van der Waals surface area contributed by atoms with Gasteiger partial charge in [0.15, 0.2) is 10.9 Å². The van der Waals surface area contributed by atoms with E-state index in [1.807, 2.05) is 13.8 Å². The van der Waals surface area contributed by atoms with Crippen molar-refractivity contribution in [3.63, 3.8) is 0 Å². The number of thiazole rings is 1. The largest absolute Gasteiger partial charge is 0.312 e. The molecule has 0 aliphatic heterocycles. The number of carbonyl (C=O) groups excluding carboxylic acids is 3. The number of anilines is 2. The summed E-state index contributed by atoms with van der Waals surface area (Å²) in [5.41, 5.74) is 1.76. The van der Waals surface area contributed by atoms with E-state index in [2.05, 4.69) is 16.9 Å². The van der Waals surface area contributed by atoms with Crippen LogP contribution in [-0.2, 0) is 11.2 Å². The van der Waals surface area contributed by atoms with Gasteiger partial charge in [-0.3, -0.25) is 19.7 Å². The quantitative estimate of drug-likeness (QED) is 0.817. The maximum Gasteiger partial charge on any atom is 0.257 e. The molecule has 2 aromatic rings. The summed E-state index contributed by atoms with van der Waals surface area (Å²) >= 11 is 1.23. The van der Waals surface area contributed by atoms with Crippen LogP contribution in [0.15, 0.2) is 36.9 Å². The lowest BCUT2D eigenvalue weighted by Gasteiger charge is -2.26. The molecule has 0 spiro atoms. The molecule has 2 amide bonds. The Bertz CT molecular complexity index is 928. The fourth-order valence-corrected chi connectivity index (χ4v) is 3.96. The van der Waals surface area contributed by atoms with Gasteiger partial charge >= 0.3 is 0 Å². The molecule has 140 valence electrons. The van der Waals surface area contributed by atoms with Gasteiger partial charge in [0.1, 0.15) is 0 Å². The number of carbonyl (C=O) groups is 3. The highest BCUT2D eigenvalue weighted by Gasteiger charge is 2.34. The predicted molar refractivity (Wildman–Crippen MR) is 107 cm³/mol. The van der Waals surface area contributed by atoms with Crippen molar-refractivity contribution in [1.82, 2.24) is 4.98 Å². The van der Waals surface area contributed by atoms with Crippen LogP contribution in [-0.4, -0.2) is 29.6 Å². The molecule has 1 aliphatic rings. The standard InChI is InChI=1S/C20H21N3O3S/c1-5-16(25)23(4)13-8-6-12(7-9-13)18(26)22-19-21-14-10-20(2,3)11-15(24)17(14)27-19/h5-9H,1,10-11H2,2-4H3,(H,21,22,26). The third-order valence-corrected chi connectivity index (χ3v) is 5.53. The molecule has 1 N–H and O–H groups in total. The summed E-state index contributed by atoms with van der Waals surface area (Å²) in [5, 5.41) is 3.20. The minimum atomic E-state index is -0.308. The number of aromatic nitrogens is 1. The molecule has 1 aliphatic carbocycles. The zero-order chi connectivity index (χ0) is 19.8. The fraction of sp³-hybridized carbons (Fsp3) is 0.300. The summed E-state index contributed by atoms with van der Waals surface area (Å²) < 4.78 is 0. The van der Waals surface area contributed by atoms with Gasteiger partial charge in [-0.25, -0.2) is 4.98 Å². The van der Waals surface area contributed by atoms with Crippen molar-refractivity contribution in [3.8, 4) is 0 Å². The predicted octanol–water partition coefficient (Wildman–Crippen LogP) is 3.70. The van der Waals surface area contributed by atoms with Crippen molar-refractivity contribution in [2.24, 2.45) is 5.41 Å². The van der Waals surface area contributed by atoms with Crippen molar-refractivity contribution in [2.75, 3.05) is 17.3 Å². The van der Waals surface area contributed by atoms with E-state index in [-0.39, 0.29) is 23.0 Å². The summed E-state index contributed by atoms with van der Waals surface area (Å²) in [6.45, 7) is 7.54. The minimum absolute atomic E-state index is 0.0820. The number of amides is 2. The van der Waals surface area contributed by atoms with Gasteiger partial charge in [0.2, 0.25) is 5.91 Å². The molecule has 0 unspecified atom stereocenters. The molecule has 1 heterocycles. The Hall–Kier alpha value is -2.80. The number of hydrogen-bond acceptors (Lipinski definition) is 5. The third-order valence-electron chi connectivity index (χ3n) is 4.48.